The molecular weight excluding hydrogens is 330 g/mol. The van der Waals surface area contributed by atoms with Crippen molar-refractivity contribution in [3.05, 3.63) is 33.9 Å². The van der Waals surface area contributed by atoms with Crippen molar-refractivity contribution >= 4 is 23.4 Å². The van der Waals surface area contributed by atoms with Crippen LogP contribution in [0.4, 0.5) is 5.69 Å². The van der Waals surface area contributed by atoms with E-state index < -0.39 is 16.9 Å². The second-order valence-corrected chi connectivity index (χ2v) is 6.16. The van der Waals surface area contributed by atoms with Crippen LogP contribution in [0.3, 0.4) is 0 Å². The van der Waals surface area contributed by atoms with Gasteiger partial charge in [0, 0.05) is 17.7 Å². The Hall–Kier alpha value is -2.97. The first-order valence-corrected chi connectivity index (χ1v) is 7.89. The van der Waals surface area contributed by atoms with Crippen LogP contribution in [0, 0.1) is 17.0 Å². The third-order valence-electron chi connectivity index (χ3n) is 4.24. The largest absolute Gasteiger partial charge is 0.484 e. The maximum Gasteiger partial charge on any atom is 0.272 e. The highest BCUT2D eigenvalue weighted by molar-refractivity contribution is 6.07. The van der Waals surface area contributed by atoms with Crippen LogP contribution in [0.2, 0.25) is 0 Å². The summed E-state index contributed by atoms with van der Waals surface area (Å²) in [5.41, 5.74) is 0.397. The van der Waals surface area contributed by atoms with Gasteiger partial charge in [0.25, 0.3) is 11.6 Å². The molecule has 1 N–H and O–H groups in total. The van der Waals surface area contributed by atoms with Crippen molar-refractivity contribution in [1.29, 1.82) is 0 Å². The third kappa shape index (κ3) is 3.59. The van der Waals surface area contributed by atoms with Crippen LogP contribution in [-0.2, 0) is 14.4 Å². The summed E-state index contributed by atoms with van der Waals surface area (Å²) in [6, 6.07) is 3.40. The Balaban J connectivity index is 1.66. The Labute approximate surface area is 143 Å². The predicted molar refractivity (Wildman–Crippen MR) is 84.8 cm³/mol. The van der Waals surface area contributed by atoms with Gasteiger partial charge in [-0.3, -0.25) is 29.8 Å². The average Bonchev–Trinajstić information content (AvgIpc) is 3.31. The molecule has 3 amide bonds. The molecule has 1 aliphatic heterocycles. The highest BCUT2D eigenvalue weighted by atomic mass is 16.6. The third-order valence-corrected chi connectivity index (χ3v) is 4.24. The van der Waals surface area contributed by atoms with Crippen molar-refractivity contribution in [1.82, 2.24) is 10.2 Å². The molecule has 0 radical (unpaired) electrons. The standard InChI is InChI=1S/C16H17N3O6/c1-9-6-11(4-5-12(9)19(23)24)25-8-15(21)18(10-2-3-10)13-7-14(20)17-16(13)22/h4-6,10,13H,2-3,7-8H2,1H3,(H,17,20,22). The maximum atomic E-state index is 12.5. The van der Waals surface area contributed by atoms with Crippen LogP contribution >= 0.6 is 0 Å². The van der Waals surface area contributed by atoms with E-state index in [-0.39, 0.29) is 36.6 Å². The first kappa shape index (κ1) is 16.9. The second-order valence-electron chi connectivity index (χ2n) is 6.16. The van der Waals surface area contributed by atoms with Crippen molar-refractivity contribution < 1.29 is 24.0 Å². The lowest BCUT2D eigenvalue weighted by Crippen LogP contribution is -2.47. The number of carbonyl (C=O) groups is 3. The van der Waals surface area contributed by atoms with E-state index in [4.69, 9.17) is 4.74 Å². The summed E-state index contributed by atoms with van der Waals surface area (Å²) in [6.07, 6.45) is 1.55. The average molecular weight is 347 g/mol. The zero-order valence-electron chi connectivity index (χ0n) is 13.6. The van der Waals surface area contributed by atoms with Crippen molar-refractivity contribution in [3.63, 3.8) is 0 Å². The van der Waals surface area contributed by atoms with Crippen LogP contribution in [0.1, 0.15) is 24.8 Å². The van der Waals surface area contributed by atoms with Crippen molar-refractivity contribution in [2.75, 3.05) is 6.61 Å². The van der Waals surface area contributed by atoms with E-state index in [1.807, 2.05) is 0 Å². The van der Waals surface area contributed by atoms with Crippen molar-refractivity contribution in [3.8, 4) is 5.75 Å². The van der Waals surface area contributed by atoms with Gasteiger partial charge in [0.05, 0.1) is 11.3 Å². The minimum absolute atomic E-state index is 0.0283. The number of nitro benzene ring substituents is 1. The SMILES string of the molecule is Cc1cc(OCC(=O)N(C2CC2)C2CC(=O)NC2=O)ccc1[N+](=O)[O-]. The van der Waals surface area contributed by atoms with Gasteiger partial charge in [0.2, 0.25) is 11.8 Å². The van der Waals surface area contributed by atoms with Gasteiger partial charge >= 0.3 is 0 Å². The highest BCUT2D eigenvalue weighted by Crippen LogP contribution is 2.31. The number of ether oxygens (including phenoxy) is 1. The quantitative estimate of drug-likeness (QED) is 0.459. The number of benzene rings is 1. The molecule has 25 heavy (non-hydrogen) atoms. The Kier molecular flexibility index (Phi) is 4.39. The van der Waals surface area contributed by atoms with Gasteiger partial charge in [-0.2, -0.15) is 0 Å². The fourth-order valence-electron chi connectivity index (χ4n) is 2.89. The fraction of sp³-hybridized carbons (Fsp3) is 0.438. The number of rotatable bonds is 6. The molecule has 1 aliphatic carbocycles. The van der Waals surface area contributed by atoms with Gasteiger partial charge in [-0.25, -0.2) is 0 Å². The van der Waals surface area contributed by atoms with Crippen LogP contribution in [0.25, 0.3) is 0 Å². The lowest BCUT2D eigenvalue weighted by Gasteiger charge is -2.26. The van der Waals surface area contributed by atoms with E-state index in [0.29, 0.717) is 11.3 Å². The predicted octanol–water partition coefficient (Wildman–Crippen LogP) is 0.688. The second kappa shape index (κ2) is 6.50. The Bertz CT molecular complexity index is 758. The van der Waals surface area contributed by atoms with E-state index in [1.54, 1.807) is 6.92 Å². The van der Waals surface area contributed by atoms with E-state index >= 15 is 0 Å². The summed E-state index contributed by atoms with van der Waals surface area (Å²) >= 11 is 0. The number of nitro groups is 1. The maximum absolute atomic E-state index is 12.5. The molecule has 0 aromatic heterocycles. The molecule has 9 heteroatoms. The summed E-state index contributed by atoms with van der Waals surface area (Å²) in [6.45, 7) is 1.28. The molecule has 0 spiro atoms. The zero-order valence-corrected chi connectivity index (χ0v) is 13.6. The smallest absolute Gasteiger partial charge is 0.272 e. The Morgan fingerprint density at radius 1 is 1.40 bits per heavy atom. The number of amides is 3. The van der Waals surface area contributed by atoms with Crippen LogP contribution in [0.15, 0.2) is 18.2 Å². The van der Waals surface area contributed by atoms with Crippen LogP contribution < -0.4 is 10.1 Å². The number of nitrogens with zero attached hydrogens (tertiary/aromatic N) is 2. The lowest BCUT2D eigenvalue weighted by molar-refractivity contribution is -0.385. The molecule has 1 saturated heterocycles. The lowest BCUT2D eigenvalue weighted by atomic mass is 10.2. The van der Waals surface area contributed by atoms with E-state index in [1.165, 1.54) is 23.1 Å². The van der Waals surface area contributed by atoms with Gasteiger partial charge < -0.3 is 9.64 Å². The fourth-order valence-corrected chi connectivity index (χ4v) is 2.89. The molecule has 2 aliphatic rings. The number of aryl methyl sites for hydroxylation is 1. The van der Waals surface area contributed by atoms with Crippen LogP contribution in [0.5, 0.6) is 5.75 Å². The summed E-state index contributed by atoms with van der Waals surface area (Å²) in [4.78, 5) is 47.5. The molecule has 1 aromatic rings. The molecule has 1 saturated carbocycles. The summed E-state index contributed by atoms with van der Waals surface area (Å²) in [5, 5.41) is 13.0. The number of carbonyl (C=O) groups excluding carboxylic acids is 3. The monoisotopic (exact) mass is 347 g/mol. The summed E-state index contributed by atoms with van der Waals surface area (Å²) < 4.78 is 5.43. The molecule has 132 valence electrons. The number of hydrogen-bond donors (Lipinski definition) is 1. The molecule has 1 unspecified atom stereocenters. The zero-order chi connectivity index (χ0) is 18.1. The Morgan fingerprint density at radius 2 is 2.12 bits per heavy atom. The molecule has 1 aromatic carbocycles. The van der Waals surface area contributed by atoms with Gasteiger partial charge in [0.15, 0.2) is 6.61 Å². The van der Waals surface area contributed by atoms with Gasteiger partial charge in [-0.15, -0.1) is 0 Å². The van der Waals surface area contributed by atoms with E-state index in [0.717, 1.165) is 12.8 Å². The normalized spacial score (nSPS) is 19.5. The topological polar surface area (TPSA) is 119 Å². The molecule has 3 rings (SSSR count). The van der Waals surface area contributed by atoms with Crippen LogP contribution in [-0.4, -0.2) is 46.2 Å². The van der Waals surface area contributed by atoms with Crippen molar-refractivity contribution in [2.24, 2.45) is 0 Å². The van der Waals surface area contributed by atoms with Crippen molar-refractivity contribution in [2.45, 2.75) is 38.3 Å². The van der Waals surface area contributed by atoms with Gasteiger partial charge in [0.1, 0.15) is 11.8 Å². The molecule has 2 fully saturated rings. The molecule has 0 bridgehead atoms. The van der Waals surface area contributed by atoms with Gasteiger partial charge in [-0.05, 0) is 31.9 Å². The van der Waals surface area contributed by atoms with Gasteiger partial charge in [-0.1, -0.05) is 0 Å². The first-order valence-electron chi connectivity index (χ1n) is 7.89. The molecule has 1 heterocycles. The molecule has 9 nitrogen and oxygen atoms in total. The summed E-state index contributed by atoms with van der Waals surface area (Å²) in [7, 11) is 0. The summed E-state index contributed by atoms with van der Waals surface area (Å²) in [5.74, 6) is -0.899. The molecule has 1 atom stereocenters. The minimum Gasteiger partial charge on any atom is -0.484 e. The van der Waals surface area contributed by atoms with E-state index in [2.05, 4.69) is 5.32 Å². The first-order chi connectivity index (χ1) is 11.9. The van der Waals surface area contributed by atoms with E-state index in [9.17, 15) is 24.5 Å². The number of nitrogens with one attached hydrogen (secondary N) is 1. The minimum atomic E-state index is -0.783. The molecular formula is C16H17N3O6. The highest BCUT2D eigenvalue weighted by Gasteiger charge is 2.44. The Morgan fingerprint density at radius 3 is 2.64 bits per heavy atom. The number of imide groups is 1. The number of hydrogen-bond acceptors (Lipinski definition) is 6.